The lowest BCUT2D eigenvalue weighted by atomic mass is 10.1. The Hall–Kier alpha value is -2.54. The van der Waals surface area contributed by atoms with E-state index >= 15 is 0 Å². The molecule has 1 N–H and O–H groups in total. The molecular weight excluding hydrogens is 376 g/mol. The molecule has 0 saturated heterocycles. The Morgan fingerprint density at radius 2 is 1.64 bits per heavy atom. The van der Waals surface area contributed by atoms with Crippen LogP contribution < -0.4 is 14.4 Å². The Morgan fingerprint density at radius 3 is 2.14 bits per heavy atom. The van der Waals surface area contributed by atoms with Gasteiger partial charge in [-0.05, 0) is 56.5 Å². The van der Waals surface area contributed by atoms with Crippen LogP contribution in [0.1, 0.15) is 30.5 Å². The van der Waals surface area contributed by atoms with Gasteiger partial charge in [0.1, 0.15) is 12.3 Å². The molecule has 0 unspecified atom stereocenters. The van der Waals surface area contributed by atoms with Crippen molar-refractivity contribution in [2.45, 2.75) is 40.3 Å². The molecule has 0 aromatic heterocycles. The Kier molecular flexibility index (Phi) is 7.07. The SMILES string of the molecule is Cc1cccc(C)c1N(CC(=O)NCc1ccc(OC(C)C)cc1)S(C)(=O)=O. The third-order valence-electron chi connectivity index (χ3n) is 4.16. The van der Waals surface area contributed by atoms with E-state index in [4.69, 9.17) is 4.74 Å². The fraction of sp³-hybridized carbons (Fsp3) is 0.381. The van der Waals surface area contributed by atoms with E-state index in [0.717, 1.165) is 33.0 Å². The first-order valence-electron chi connectivity index (χ1n) is 9.14. The molecule has 0 radical (unpaired) electrons. The van der Waals surface area contributed by atoms with Crippen molar-refractivity contribution in [2.24, 2.45) is 0 Å². The van der Waals surface area contributed by atoms with Crippen molar-refractivity contribution in [3.63, 3.8) is 0 Å². The molecule has 0 spiro atoms. The van der Waals surface area contributed by atoms with Crippen LogP contribution in [0.2, 0.25) is 0 Å². The van der Waals surface area contributed by atoms with Gasteiger partial charge in [-0.3, -0.25) is 9.10 Å². The van der Waals surface area contributed by atoms with E-state index in [2.05, 4.69) is 5.32 Å². The number of sulfonamides is 1. The minimum absolute atomic E-state index is 0.0948. The lowest BCUT2D eigenvalue weighted by molar-refractivity contribution is -0.119. The number of carbonyl (C=O) groups excluding carboxylic acids is 1. The van der Waals surface area contributed by atoms with E-state index in [1.807, 2.05) is 70.2 Å². The van der Waals surface area contributed by atoms with Gasteiger partial charge in [0.2, 0.25) is 15.9 Å². The third kappa shape index (κ3) is 5.99. The molecule has 0 saturated carbocycles. The summed E-state index contributed by atoms with van der Waals surface area (Å²) in [7, 11) is -3.60. The maximum Gasteiger partial charge on any atom is 0.241 e. The number of anilines is 1. The molecule has 0 aliphatic carbocycles. The van der Waals surface area contributed by atoms with Gasteiger partial charge < -0.3 is 10.1 Å². The lowest BCUT2D eigenvalue weighted by Crippen LogP contribution is -2.40. The van der Waals surface area contributed by atoms with Gasteiger partial charge in [-0.1, -0.05) is 30.3 Å². The predicted octanol–water partition coefficient (Wildman–Crippen LogP) is 3.17. The minimum Gasteiger partial charge on any atom is -0.491 e. The molecule has 28 heavy (non-hydrogen) atoms. The summed E-state index contributed by atoms with van der Waals surface area (Å²) < 4.78 is 31.4. The zero-order chi connectivity index (χ0) is 20.9. The summed E-state index contributed by atoms with van der Waals surface area (Å²) in [4.78, 5) is 12.4. The molecule has 2 aromatic carbocycles. The molecule has 6 nitrogen and oxygen atoms in total. The van der Waals surface area contributed by atoms with Crippen LogP contribution in [0.4, 0.5) is 5.69 Å². The first-order chi connectivity index (χ1) is 13.1. The highest BCUT2D eigenvalue weighted by atomic mass is 32.2. The van der Waals surface area contributed by atoms with Crippen molar-refractivity contribution in [3.8, 4) is 5.75 Å². The van der Waals surface area contributed by atoms with E-state index in [0.29, 0.717) is 12.2 Å². The number of ether oxygens (including phenoxy) is 1. The summed E-state index contributed by atoms with van der Waals surface area (Å²) in [6, 6.07) is 13.0. The van der Waals surface area contributed by atoms with Crippen LogP contribution in [0.3, 0.4) is 0 Å². The number of rotatable bonds is 8. The summed E-state index contributed by atoms with van der Waals surface area (Å²) in [5.74, 6) is 0.402. The van der Waals surface area contributed by atoms with E-state index in [-0.39, 0.29) is 18.6 Å². The summed E-state index contributed by atoms with van der Waals surface area (Å²) in [6.07, 6.45) is 1.21. The van der Waals surface area contributed by atoms with E-state index < -0.39 is 10.0 Å². The first-order valence-corrected chi connectivity index (χ1v) is 11.0. The molecule has 0 aliphatic heterocycles. The normalized spacial score (nSPS) is 11.4. The number of hydrogen-bond acceptors (Lipinski definition) is 4. The third-order valence-corrected chi connectivity index (χ3v) is 5.27. The number of para-hydroxylation sites is 1. The number of hydrogen-bond donors (Lipinski definition) is 1. The highest BCUT2D eigenvalue weighted by Gasteiger charge is 2.23. The maximum atomic E-state index is 12.4. The smallest absolute Gasteiger partial charge is 0.241 e. The summed E-state index contributed by atoms with van der Waals surface area (Å²) in [5.41, 5.74) is 3.07. The standard InChI is InChI=1S/C21H28N2O4S/c1-15(2)27-19-11-9-18(10-12-19)13-22-20(24)14-23(28(5,25)26)21-16(3)7-6-8-17(21)4/h6-12,15H,13-14H2,1-5H3,(H,22,24). The Balaban J connectivity index is 2.07. The molecule has 0 fully saturated rings. The van der Waals surface area contributed by atoms with Crippen molar-refractivity contribution < 1.29 is 17.9 Å². The van der Waals surface area contributed by atoms with Crippen molar-refractivity contribution in [3.05, 3.63) is 59.2 Å². The second kappa shape index (κ2) is 9.10. The van der Waals surface area contributed by atoms with Gasteiger partial charge in [0.15, 0.2) is 0 Å². The largest absolute Gasteiger partial charge is 0.491 e. The second-order valence-electron chi connectivity index (χ2n) is 7.10. The van der Waals surface area contributed by atoms with Gasteiger partial charge in [-0.15, -0.1) is 0 Å². The average Bonchev–Trinajstić information content (AvgIpc) is 2.59. The Labute approximate surface area is 167 Å². The van der Waals surface area contributed by atoms with Gasteiger partial charge in [0.05, 0.1) is 18.0 Å². The minimum atomic E-state index is -3.60. The highest BCUT2D eigenvalue weighted by Crippen LogP contribution is 2.26. The molecule has 0 bridgehead atoms. The lowest BCUT2D eigenvalue weighted by Gasteiger charge is -2.25. The van der Waals surface area contributed by atoms with Crippen LogP contribution in [0.15, 0.2) is 42.5 Å². The maximum absolute atomic E-state index is 12.4. The van der Waals surface area contributed by atoms with Crippen LogP contribution in [-0.2, 0) is 21.4 Å². The van der Waals surface area contributed by atoms with E-state index in [1.54, 1.807) is 0 Å². The van der Waals surface area contributed by atoms with Crippen LogP contribution >= 0.6 is 0 Å². The quantitative estimate of drug-likeness (QED) is 0.733. The number of amides is 1. The summed E-state index contributed by atoms with van der Waals surface area (Å²) >= 11 is 0. The topological polar surface area (TPSA) is 75.7 Å². The van der Waals surface area contributed by atoms with Gasteiger partial charge in [0.25, 0.3) is 0 Å². The number of nitrogens with zero attached hydrogens (tertiary/aromatic N) is 1. The van der Waals surface area contributed by atoms with Gasteiger partial charge >= 0.3 is 0 Å². The molecular formula is C21H28N2O4S. The van der Waals surface area contributed by atoms with Crippen molar-refractivity contribution in [1.82, 2.24) is 5.32 Å². The number of aryl methyl sites for hydroxylation is 2. The monoisotopic (exact) mass is 404 g/mol. The van der Waals surface area contributed by atoms with Crippen molar-refractivity contribution in [1.29, 1.82) is 0 Å². The number of nitrogens with one attached hydrogen (secondary N) is 1. The second-order valence-corrected chi connectivity index (χ2v) is 9.00. The zero-order valence-corrected chi connectivity index (χ0v) is 17.8. The van der Waals surface area contributed by atoms with Crippen LogP contribution in [-0.4, -0.2) is 33.2 Å². The van der Waals surface area contributed by atoms with Crippen LogP contribution in [0.25, 0.3) is 0 Å². The molecule has 2 rings (SSSR count). The van der Waals surface area contributed by atoms with E-state index in [9.17, 15) is 13.2 Å². The number of carbonyl (C=O) groups is 1. The fourth-order valence-electron chi connectivity index (χ4n) is 2.91. The summed E-state index contributed by atoms with van der Waals surface area (Å²) in [6.45, 7) is 7.62. The predicted molar refractivity (Wildman–Crippen MR) is 112 cm³/mol. The average molecular weight is 405 g/mol. The molecule has 1 amide bonds. The highest BCUT2D eigenvalue weighted by molar-refractivity contribution is 7.92. The van der Waals surface area contributed by atoms with Crippen molar-refractivity contribution >= 4 is 21.6 Å². The Morgan fingerprint density at radius 1 is 1.07 bits per heavy atom. The van der Waals surface area contributed by atoms with Gasteiger partial charge in [-0.2, -0.15) is 0 Å². The van der Waals surface area contributed by atoms with Gasteiger partial charge in [-0.25, -0.2) is 8.42 Å². The van der Waals surface area contributed by atoms with Crippen LogP contribution in [0.5, 0.6) is 5.75 Å². The first kappa shape index (κ1) is 21.8. The molecule has 152 valence electrons. The zero-order valence-electron chi connectivity index (χ0n) is 17.0. The van der Waals surface area contributed by atoms with E-state index in [1.165, 1.54) is 0 Å². The molecule has 2 aromatic rings. The summed E-state index contributed by atoms with van der Waals surface area (Å²) in [5, 5.41) is 2.78. The molecule has 0 aliphatic rings. The molecule has 0 atom stereocenters. The van der Waals surface area contributed by atoms with Gasteiger partial charge in [0, 0.05) is 6.54 Å². The molecule has 0 heterocycles. The number of benzene rings is 2. The fourth-order valence-corrected chi connectivity index (χ4v) is 3.88. The Bertz CT molecular complexity index is 902. The molecule has 7 heteroatoms. The van der Waals surface area contributed by atoms with Crippen molar-refractivity contribution in [2.75, 3.05) is 17.1 Å². The van der Waals surface area contributed by atoms with Crippen LogP contribution in [0, 0.1) is 13.8 Å².